The Morgan fingerprint density at radius 2 is 1.65 bits per heavy atom. The van der Waals surface area contributed by atoms with Crippen LogP contribution >= 0.6 is 15.9 Å². The molecule has 2 heterocycles. The molecule has 0 saturated heterocycles. The molecular formula is C16H14BrFN2. The normalized spacial score (nSPS) is 11.2. The molecule has 2 nitrogen and oxygen atoms in total. The van der Waals surface area contributed by atoms with Crippen LogP contribution in [0.4, 0.5) is 4.39 Å². The highest BCUT2D eigenvalue weighted by atomic mass is 79.9. The van der Waals surface area contributed by atoms with Crippen molar-refractivity contribution in [1.29, 1.82) is 0 Å². The van der Waals surface area contributed by atoms with E-state index in [1.165, 1.54) is 0 Å². The standard InChI is InChI=1S/C16H14BrFN2/c1-10-8-11(17)9-12(16(10)18)15(13-4-2-6-19-13)14-5-3-7-20-14/h2-9,15,19-20H,1H3. The van der Waals surface area contributed by atoms with Crippen LogP contribution in [0.15, 0.2) is 53.3 Å². The predicted molar refractivity (Wildman–Crippen MR) is 81.4 cm³/mol. The molecule has 0 bridgehead atoms. The maximum atomic E-state index is 14.6. The predicted octanol–water partition coefficient (Wildman–Crippen LogP) is 4.73. The van der Waals surface area contributed by atoms with Gasteiger partial charge in [0, 0.05) is 33.8 Å². The van der Waals surface area contributed by atoms with Gasteiger partial charge in [-0.2, -0.15) is 0 Å². The number of halogens is 2. The van der Waals surface area contributed by atoms with Crippen molar-refractivity contribution in [2.45, 2.75) is 12.8 Å². The van der Waals surface area contributed by atoms with E-state index in [0.717, 1.165) is 15.9 Å². The number of aryl methyl sites for hydroxylation is 1. The lowest BCUT2D eigenvalue weighted by atomic mass is 9.91. The minimum atomic E-state index is -0.170. The van der Waals surface area contributed by atoms with Crippen molar-refractivity contribution in [3.63, 3.8) is 0 Å². The molecule has 0 atom stereocenters. The van der Waals surface area contributed by atoms with E-state index in [9.17, 15) is 4.39 Å². The average Bonchev–Trinajstić information content (AvgIpc) is 3.08. The summed E-state index contributed by atoms with van der Waals surface area (Å²) in [6, 6.07) is 11.4. The Bertz CT molecular complexity index is 668. The van der Waals surface area contributed by atoms with E-state index < -0.39 is 0 Å². The quantitative estimate of drug-likeness (QED) is 0.694. The van der Waals surface area contributed by atoms with Crippen molar-refractivity contribution in [2.24, 2.45) is 0 Å². The molecule has 0 radical (unpaired) electrons. The van der Waals surface area contributed by atoms with Crippen molar-refractivity contribution in [1.82, 2.24) is 9.97 Å². The monoisotopic (exact) mass is 332 g/mol. The third kappa shape index (κ3) is 2.31. The summed E-state index contributed by atoms with van der Waals surface area (Å²) >= 11 is 3.45. The van der Waals surface area contributed by atoms with E-state index in [0.29, 0.717) is 11.1 Å². The third-order valence-electron chi connectivity index (χ3n) is 3.42. The fourth-order valence-electron chi connectivity index (χ4n) is 2.51. The second-order valence-electron chi connectivity index (χ2n) is 4.81. The molecule has 3 rings (SSSR count). The molecule has 0 amide bonds. The molecule has 2 aromatic heterocycles. The number of hydrogen-bond donors (Lipinski definition) is 2. The zero-order valence-corrected chi connectivity index (χ0v) is 12.5. The Balaban J connectivity index is 2.21. The van der Waals surface area contributed by atoms with Crippen molar-refractivity contribution in [3.8, 4) is 0 Å². The Morgan fingerprint density at radius 3 is 2.15 bits per heavy atom. The largest absolute Gasteiger partial charge is 0.364 e. The first-order chi connectivity index (χ1) is 9.66. The van der Waals surface area contributed by atoms with Gasteiger partial charge in [0.15, 0.2) is 0 Å². The molecule has 0 aliphatic heterocycles. The van der Waals surface area contributed by atoms with Crippen LogP contribution in [-0.4, -0.2) is 9.97 Å². The summed E-state index contributed by atoms with van der Waals surface area (Å²) in [5.41, 5.74) is 3.21. The fourth-order valence-corrected chi connectivity index (χ4v) is 3.10. The van der Waals surface area contributed by atoms with Gasteiger partial charge in [-0.15, -0.1) is 0 Å². The summed E-state index contributed by atoms with van der Waals surface area (Å²) in [6.07, 6.45) is 3.71. The fraction of sp³-hybridized carbons (Fsp3) is 0.125. The minimum Gasteiger partial charge on any atom is -0.364 e. The van der Waals surface area contributed by atoms with Crippen LogP contribution in [0.1, 0.15) is 28.4 Å². The zero-order valence-electron chi connectivity index (χ0n) is 11.0. The van der Waals surface area contributed by atoms with Gasteiger partial charge in [0.2, 0.25) is 0 Å². The maximum absolute atomic E-state index is 14.6. The Labute approximate surface area is 125 Å². The molecule has 0 unspecified atom stereocenters. The van der Waals surface area contributed by atoms with Gasteiger partial charge in [-0.1, -0.05) is 15.9 Å². The lowest BCUT2D eigenvalue weighted by molar-refractivity contribution is 0.595. The van der Waals surface area contributed by atoms with Crippen LogP contribution in [0.3, 0.4) is 0 Å². The first-order valence-corrected chi connectivity index (χ1v) is 7.18. The van der Waals surface area contributed by atoms with Crippen molar-refractivity contribution < 1.29 is 4.39 Å². The summed E-state index contributed by atoms with van der Waals surface area (Å²) in [7, 11) is 0. The van der Waals surface area contributed by atoms with Gasteiger partial charge in [0.25, 0.3) is 0 Å². The SMILES string of the molecule is Cc1cc(Br)cc(C(c2ccc[nH]2)c2ccc[nH]2)c1F. The highest BCUT2D eigenvalue weighted by Gasteiger charge is 2.23. The molecule has 0 saturated carbocycles. The van der Waals surface area contributed by atoms with Crippen LogP contribution < -0.4 is 0 Å². The molecule has 102 valence electrons. The topological polar surface area (TPSA) is 31.6 Å². The molecule has 0 aliphatic rings. The van der Waals surface area contributed by atoms with E-state index in [1.54, 1.807) is 13.0 Å². The Hall–Kier alpha value is -1.81. The molecule has 0 spiro atoms. The van der Waals surface area contributed by atoms with Crippen LogP contribution in [0, 0.1) is 12.7 Å². The number of aromatic nitrogens is 2. The lowest BCUT2D eigenvalue weighted by Crippen LogP contribution is -2.08. The van der Waals surface area contributed by atoms with Crippen LogP contribution in [0.2, 0.25) is 0 Å². The van der Waals surface area contributed by atoms with E-state index >= 15 is 0 Å². The van der Waals surface area contributed by atoms with Gasteiger partial charge in [0.1, 0.15) is 5.82 Å². The number of aromatic amines is 2. The smallest absolute Gasteiger partial charge is 0.130 e. The Kier molecular flexibility index (Phi) is 3.49. The number of benzene rings is 1. The van der Waals surface area contributed by atoms with E-state index in [-0.39, 0.29) is 11.7 Å². The second-order valence-corrected chi connectivity index (χ2v) is 5.73. The summed E-state index contributed by atoms with van der Waals surface area (Å²) in [5, 5.41) is 0. The first kappa shape index (κ1) is 13.2. The molecule has 0 aliphatic carbocycles. The van der Waals surface area contributed by atoms with Gasteiger partial charge in [0.05, 0.1) is 5.92 Å². The van der Waals surface area contributed by atoms with Gasteiger partial charge in [-0.05, 0) is 48.9 Å². The van der Waals surface area contributed by atoms with Crippen LogP contribution in [0.25, 0.3) is 0 Å². The van der Waals surface area contributed by atoms with E-state index in [4.69, 9.17) is 0 Å². The summed E-state index contributed by atoms with van der Waals surface area (Å²) in [6.45, 7) is 1.78. The highest BCUT2D eigenvalue weighted by Crippen LogP contribution is 2.34. The molecule has 3 aromatic rings. The summed E-state index contributed by atoms with van der Waals surface area (Å²) in [5.74, 6) is -0.335. The van der Waals surface area contributed by atoms with Gasteiger partial charge in [-0.3, -0.25) is 0 Å². The number of H-pyrrole nitrogens is 2. The minimum absolute atomic E-state index is 0.164. The summed E-state index contributed by atoms with van der Waals surface area (Å²) in [4.78, 5) is 6.38. The summed E-state index contributed by atoms with van der Waals surface area (Å²) < 4.78 is 15.5. The number of hydrogen-bond acceptors (Lipinski definition) is 0. The van der Waals surface area contributed by atoms with E-state index in [1.807, 2.05) is 42.7 Å². The zero-order chi connectivity index (χ0) is 14.1. The van der Waals surface area contributed by atoms with Crippen LogP contribution in [-0.2, 0) is 0 Å². The number of rotatable bonds is 3. The second kappa shape index (κ2) is 5.29. The highest BCUT2D eigenvalue weighted by molar-refractivity contribution is 9.10. The van der Waals surface area contributed by atoms with Gasteiger partial charge in [-0.25, -0.2) is 4.39 Å². The van der Waals surface area contributed by atoms with Crippen molar-refractivity contribution >= 4 is 15.9 Å². The first-order valence-electron chi connectivity index (χ1n) is 6.39. The van der Waals surface area contributed by atoms with Crippen molar-refractivity contribution in [3.05, 3.63) is 81.6 Å². The number of nitrogens with one attached hydrogen (secondary N) is 2. The van der Waals surface area contributed by atoms with Crippen LogP contribution in [0.5, 0.6) is 0 Å². The van der Waals surface area contributed by atoms with E-state index in [2.05, 4.69) is 25.9 Å². The lowest BCUT2D eigenvalue weighted by Gasteiger charge is -2.17. The molecule has 20 heavy (non-hydrogen) atoms. The van der Waals surface area contributed by atoms with Crippen molar-refractivity contribution in [2.75, 3.05) is 0 Å². The van der Waals surface area contributed by atoms with Gasteiger partial charge < -0.3 is 9.97 Å². The Morgan fingerprint density at radius 1 is 1.05 bits per heavy atom. The molecular weight excluding hydrogens is 319 g/mol. The third-order valence-corrected chi connectivity index (χ3v) is 3.88. The van der Waals surface area contributed by atoms with Gasteiger partial charge >= 0.3 is 0 Å². The maximum Gasteiger partial charge on any atom is 0.130 e. The molecule has 1 aromatic carbocycles. The molecule has 2 N–H and O–H groups in total. The molecule has 4 heteroatoms. The molecule has 0 fully saturated rings. The average molecular weight is 333 g/mol.